The molecule has 6 nitrogen and oxygen atoms in total. The molecule has 3 rings (SSSR count). The summed E-state index contributed by atoms with van der Waals surface area (Å²) in [6, 6.07) is 11.5. The number of rotatable bonds is 5. The number of benzene rings is 1. The van der Waals surface area contributed by atoms with Crippen LogP contribution >= 0.6 is 11.3 Å². The molecule has 27 heavy (non-hydrogen) atoms. The molecule has 0 fully saturated rings. The van der Waals surface area contributed by atoms with Gasteiger partial charge in [0.2, 0.25) is 0 Å². The van der Waals surface area contributed by atoms with Crippen molar-refractivity contribution in [1.29, 1.82) is 0 Å². The number of esters is 1. The third-order valence-corrected chi connectivity index (χ3v) is 5.30. The number of fused-ring (bicyclic) bond motifs is 1. The maximum atomic E-state index is 12.4. The first-order valence-corrected chi connectivity index (χ1v) is 9.29. The molecule has 0 unspecified atom stereocenters. The molecule has 2 heterocycles. The second-order valence-electron chi connectivity index (χ2n) is 6.42. The molecule has 0 spiro atoms. The number of aryl methyl sites for hydroxylation is 2. The van der Waals surface area contributed by atoms with Crippen LogP contribution in [0.5, 0.6) is 0 Å². The molecule has 0 saturated carbocycles. The number of likely N-dealkylation sites (N-methyl/N-ethyl adjacent to an activating group) is 1. The SMILES string of the molecule is Cc1cc(C)c2c(N)c(C(=O)OCC(=O)N(C)Cc3ccccc3)sc2n1. The number of pyridine rings is 1. The van der Waals surface area contributed by atoms with E-state index in [4.69, 9.17) is 10.5 Å². The number of anilines is 1. The van der Waals surface area contributed by atoms with Gasteiger partial charge in [0.25, 0.3) is 5.91 Å². The molecule has 2 N–H and O–H groups in total. The lowest BCUT2D eigenvalue weighted by Crippen LogP contribution is -2.30. The number of amides is 1. The predicted octanol–water partition coefficient (Wildman–Crippen LogP) is 3.31. The summed E-state index contributed by atoms with van der Waals surface area (Å²) in [6.07, 6.45) is 0. The van der Waals surface area contributed by atoms with Crippen LogP contribution in [0.3, 0.4) is 0 Å². The summed E-state index contributed by atoms with van der Waals surface area (Å²) in [6.45, 7) is 3.94. The Labute approximate surface area is 161 Å². The van der Waals surface area contributed by atoms with Gasteiger partial charge < -0.3 is 15.4 Å². The molecule has 0 aliphatic rings. The number of hydrogen-bond acceptors (Lipinski definition) is 6. The molecule has 0 aliphatic carbocycles. The Hall–Kier alpha value is -2.93. The zero-order valence-electron chi connectivity index (χ0n) is 15.5. The number of ether oxygens (including phenoxy) is 1. The molecule has 0 atom stereocenters. The van der Waals surface area contributed by atoms with E-state index in [2.05, 4.69) is 4.98 Å². The van der Waals surface area contributed by atoms with E-state index < -0.39 is 5.97 Å². The van der Waals surface area contributed by atoms with E-state index in [0.717, 1.165) is 22.2 Å². The molecular weight excluding hydrogens is 362 g/mol. The van der Waals surface area contributed by atoms with Crippen LogP contribution in [0.2, 0.25) is 0 Å². The van der Waals surface area contributed by atoms with Gasteiger partial charge in [0.15, 0.2) is 6.61 Å². The van der Waals surface area contributed by atoms with Crippen LogP contribution in [0.25, 0.3) is 10.2 Å². The van der Waals surface area contributed by atoms with Gasteiger partial charge in [0.1, 0.15) is 9.71 Å². The predicted molar refractivity (Wildman–Crippen MR) is 107 cm³/mol. The zero-order chi connectivity index (χ0) is 19.6. The molecule has 3 aromatic rings. The van der Waals surface area contributed by atoms with E-state index in [0.29, 0.717) is 17.1 Å². The van der Waals surface area contributed by atoms with Gasteiger partial charge in [-0.2, -0.15) is 0 Å². The number of nitrogen functional groups attached to an aromatic ring is 1. The summed E-state index contributed by atoms with van der Waals surface area (Å²) < 4.78 is 5.20. The molecule has 0 aliphatic heterocycles. The van der Waals surface area contributed by atoms with Crippen molar-refractivity contribution in [2.24, 2.45) is 0 Å². The van der Waals surface area contributed by atoms with Crippen molar-refractivity contribution < 1.29 is 14.3 Å². The number of nitrogens with zero attached hydrogens (tertiary/aromatic N) is 2. The summed E-state index contributed by atoms with van der Waals surface area (Å²) >= 11 is 1.19. The van der Waals surface area contributed by atoms with Crippen LogP contribution in [0.15, 0.2) is 36.4 Å². The first-order chi connectivity index (χ1) is 12.9. The lowest BCUT2D eigenvalue weighted by molar-refractivity contribution is -0.133. The fraction of sp³-hybridized carbons (Fsp3) is 0.250. The van der Waals surface area contributed by atoms with Gasteiger partial charge in [-0.25, -0.2) is 9.78 Å². The third-order valence-electron chi connectivity index (χ3n) is 4.22. The minimum Gasteiger partial charge on any atom is -0.451 e. The molecule has 140 valence electrons. The Morgan fingerprint density at radius 3 is 2.63 bits per heavy atom. The minimum absolute atomic E-state index is 0.281. The number of hydrogen-bond donors (Lipinski definition) is 1. The summed E-state index contributed by atoms with van der Waals surface area (Å²) in [4.78, 5) is 31.6. The fourth-order valence-electron chi connectivity index (χ4n) is 2.87. The highest BCUT2D eigenvalue weighted by Gasteiger charge is 2.21. The van der Waals surface area contributed by atoms with E-state index >= 15 is 0 Å². The van der Waals surface area contributed by atoms with Crippen LogP contribution in [0.1, 0.15) is 26.5 Å². The van der Waals surface area contributed by atoms with Crippen molar-refractivity contribution in [2.75, 3.05) is 19.4 Å². The molecular formula is C20H21N3O3S. The average Bonchev–Trinajstić information content (AvgIpc) is 2.96. The highest BCUT2D eigenvalue weighted by Crippen LogP contribution is 2.35. The Balaban J connectivity index is 1.67. The highest BCUT2D eigenvalue weighted by atomic mass is 32.1. The van der Waals surface area contributed by atoms with Gasteiger partial charge in [-0.1, -0.05) is 30.3 Å². The minimum atomic E-state index is -0.603. The third kappa shape index (κ3) is 4.09. The monoisotopic (exact) mass is 383 g/mol. The summed E-state index contributed by atoms with van der Waals surface area (Å²) in [5, 5.41) is 0.769. The van der Waals surface area contributed by atoms with Crippen molar-refractivity contribution in [3.05, 3.63) is 58.1 Å². The normalized spacial score (nSPS) is 10.8. The number of nitrogens with two attached hydrogens (primary N) is 1. The maximum Gasteiger partial charge on any atom is 0.351 e. The van der Waals surface area contributed by atoms with Gasteiger partial charge in [-0.15, -0.1) is 11.3 Å². The summed E-state index contributed by atoms with van der Waals surface area (Å²) in [5.74, 6) is -0.883. The van der Waals surface area contributed by atoms with Crippen molar-refractivity contribution in [3.8, 4) is 0 Å². The topological polar surface area (TPSA) is 85.5 Å². The van der Waals surface area contributed by atoms with E-state index in [1.165, 1.54) is 16.2 Å². The van der Waals surface area contributed by atoms with Crippen LogP contribution in [0.4, 0.5) is 5.69 Å². The second-order valence-corrected chi connectivity index (χ2v) is 7.42. The maximum absolute atomic E-state index is 12.4. The van der Waals surface area contributed by atoms with Gasteiger partial charge in [0.05, 0.1) is 5.69 Å². The summed E-state index contributed by atoms with van der Waals surface area (Å²) in [7, 11) is 1.67. The van der Waals surface area contributed by atoms with E-state index in [1.807, 2.05) is 50.2 Å². The molecule has 1 aromatic carbocycles. The van der Waals surface area contributed by atoms with Crippen molar-refractivity contribution in [3.63, 3.8) is 0 Å². The smallest absolute Gasteiger partial charge is 0.351 e. The molecule has 0 bridgehead atoms. The Morgan fingerprint density at radius 1 is 1.22 bits per heavy atom. The molecule has 2 aromatic heterocycles. The quantitative estimate of drug-likeness (QED) is 0.683. The van der Waals surface area contributed by atoms with Crippen LogP contribution in [0, 0.1) is 13.8 Å². The molecule has 0 saturated heterocycles. The zero-order valence-corrected chi connectivity index (χ0v) is 16.3. The molecule has 0 radical (unpaired) electrons. The highest BCUT2D eigenvalue weighted by molar-refractivity contribution is 7.21. The average molecular weight is 383 g/mol. The number of carbonyl (C=O) groups is 2. The van der Waals surface area contributed by atoms with Crippen molar-refractivity contribution >= 4 is 39.1 Å². The van der Waals surface area contributed by atoms with E-state index in [1.54, 1.807) is 7.05 Å². The Morgan fingerprint density at radius 2 is 1.93 bits per heavy atom. The van der Waals surface area contributed by atoms with E-state index in [-0.39, 0.29) is 17.4 Å². The van der Waals surface area contributed by atoms with Crippen LogP contribution < -0.4 is 5.73 Å². The number of carbonyl (C=O) groups excluding carboxylic acids is 2. The number of aromatic nitrogens is 1. The molecule has 1 amide bonds. The van der Waals surface area contributed by atoms with Crippen LogP contribution in [-0.2, 0) is 16.1 Å². The first-order valence-electron chi connectivity index (χ1n) is 8.48. The Kier molecular flexibility index (Phi) is 5.41. The lowest BCUT2D eigenvalue weighted by Gasteiger charge is -2.17. The van der Waals surface area contributed by atoms with Gasteiger partial charge in [0, 0.05) is 24.7 Å². The lowest BCUT2D eigenvalue weighted by atomic mass is 10.1. The van der Waals surface area contributed by atoms with Gasteiger partial charge in [-0.05, 0) is 31.0 Å². The van der Waals surface area contributed by atoms with Crippen molar-refractivity contribution in [1.82, 2.24) is 9.88 Å². The largest absolute Gasteiger partial charge is 0.451 e. The Bertz CT molecular complexity index is 999. The van der Waals surface area contributed by atoms with Gasteiger partial charge in [-0.3, -0.25) is 4.79 Å². The van der Waals surface area contributed by atoms with Crippen molar-refractivity contribution in [2.45, 2.75) is 20.4 Å². The van der Waals surface area contributed by atoms with Gasteiger partial charge >= 0.3 is 5.97 Å². The second kappa shape index (κ2) is 7.75. The standard InChI is InChI=1S/C20H21N3O3S/c1-12-9-13(2)22-19-16(12)17(21)18(27-19)20(25)26-11-15(24)23(3)10-14-7-5-4-6-8-14/h4-9H,10-11,21H2,1-3H3. The fourth-order valence-corrected chi connectivity index (χ4v) is 3.98. The molecule has 7 heteroatoms. The number of thiophene rings is 1. The first kappa shape index (κ1) is 18.8. The van der Waals surface area contributed by atoms with Crippen LogP contribution in [-0.4, -0.2) is 35.4 Å². The van der Waals surface area contributed by atoms with E-state index in [9.17, 15) is 9.59 Å². The summed E-state index contributed by atoms with van der Waals surface area (Å²) in [5.41, 5.74) is 9.32.